The van der Waals surface area contributed by atoms with E-state index in [1.54, 1.807) is 7.11 Å². The fourth-order valence-electron chi connectivity index (χ4n) is 1.77. The van der Waals surface area contributed by atoms with Crippen LogP contribution in [0.1, 0.15) is 30.1 Å². The lowest BCUT2D eigenvalue weighted by Gasteiger charge is -2.16. The first kappa shape index (κ1) is 10.7. The van der Waals surface area contributed by atoms with E-state index in [0.717, 1.165) is 12.6 Å². The molecule has 82 valence electrons. The van der Waals surface area contributed by atoms with Crippen LogP contribution in [0.3, 0.4) is 0 Å². The van der Waals surface area contributed by atoms with Crippen LogP contribution in [0.15, 0.2) is 24.3 Å². The van der Waals surface area contributed by atoms with E-state index in [2.05, 4.69) is 36.5 Å². The van der Waals surface area contributed by atoms with Crippen LogP contribution >= 0.6 is 0 Å². The number of aryl methyl sites for hydroxylation is 1. The second-order valence-corrected chi connectivity index (χ2v) is 4.32. The van der Waals surface area contributed by atoms with E-state index in [4.69, 9.17) is 4.74 Å². The third-order valence-corrected chi connectivity index (χ3v) is 2.87. The highest BCUT2D eigenvalue weighted by atomic mass is 16.5. The molecule has 0 saturated heterocycles. The Morgan fingerprint density at radius 2 is 2.27 bits per heavy atom. The molecule has 1 N–H and O–H groups in total. The predicted molar refractivity (Wildman–Crippen MR) is 62.0 cm³/mol. The van der Waals surface area contributed by atoms with Gasteiger partial charge in [0.2, 0.25) is 0 Å². The Labute approximate surface area is 91.6 Å². The first-order valence-electron chi connectivity index (χ1n) is 5.62. The summed E-state index contributed by atoms with van der Waals surface area (Å²) in [6.07, 6.45) is 2.83. The Morgan fingerprint density at radius 3 is 2.87 bits per heavy atom. The van der Waals surface area contributed by atoms with E-state index in [-0.39, 0.29) is 6.10 Å². The molecule has 1 aromatic carbocycles. The average molecular weight is 205 g/mol. The first-order valence-corrected chi connectivity index (χ1v) is 5.62. The van der Waals surface area contributed by atoms with E-state index < -0.39 is 0 Å². The first-order chi connectivity index (χ1) is 7.29. The van der Waals surface area contributed by atoms with Crippen LogP contribution in [-0.4, -0.2) is 19.7 Å². The van der Waals surface area contributed by atoms with Crippen LogP contribution in [-0.2, 0) is 4.74 Å². The molecule has 1 unspecified atom stereocenters. The van der Waals surface area contributed by atoms with Gasteiger partial charge in [-0.3, -0.25) is 0 Å². The summed E-state index contributed by atoms with van der Waals surface area (Å²) in [6.45, 7) is 3.04. The molecule has 1 aliphatic carbocycles. The summed E-state index contributed by atoms with van der Waals surface area (Å²) in [6, 6.07) is 9.28. The maximum atomic E-state index is 5.51. The molecule has 0 radical (unpaired) electrons. The highest BCUT2D eigenvalue weighted by Gasteiger charge is 2.22. The minimum atomic E-state index is 0.186. The summed E-state index contributed by atoms with van der Waals surface area (Å²) in [5.74, 6) is 0. The molecule has 1 atom stereocenters. The van der Waals surface area contributed by atoms with Crippen molar-refractivity contribution in [1.82, 2.24) is 5.32 Å². The molecule has 0 aromatic heterocycles. The highest BCUT2D eigenvalue weighted by molar-refractivity contribution is 5.24. The zero-order valence-corrected chi connectivity index (χ0v) is 9.49. The predicted octanol–water partition coefficient (Wildman–Crippen LogP) is 2.43. The summed E-state index contributed by atoms with van der Waals surface area (Å²) in [4.78, 5) is 0. The van der Waals surface area contributed by atoms with Crippen molar-refractivity contribution in [3.8, 4) is 0 Å². The van der Waals surface area contributed by atoms with Gasteiger partial charge in [-0.15, -0.1) is 0 Å². The lowest BCUT2D eigenvalue weighted by atomic mass is 10.1. The van der Waals surface area contributed by atoms with E-state index in [1.807, 2.05) is 0 Å². The van der Waals surface area contributed by atoms with Gasteiger partial charge in [0.05, 0.1) is 6.10 Å². The van der Waals surface area contributed by atoms with Gasteiger partial charge in [-0.05, 0) is 25.3 Å². The van der Waals surface area contributed by atoms with Crippen molar-refractivity contribution in [2.45, 2.75) is 31.9 Å². The lowest BCUT2D eigenvalue weighted by Crippen LogP contribution is -2.24. The van der Waals surface area contributed by atoms with Crippen molar-refractivity contribution >= 4 is 0 Å². The van der Waals surface area contributed by atoms with E-state index in [0.29, 0.717) is 0 Å². The molecule has 0 spiro atoms. The molecule has 0 heterocycles. The van der Waals surface area contributed by atoms with Crippen molar-refractivity contribution in [2.75, 3.05) is 13.7 Å². The van der Waals surface area contributed by atoms with Gasteiger partial charge in [0.1, 0.15) is 0 Å². The molecule has 1 saturated carbocycles. The van der Waals surface area contributed by atoms with Gasteiger partial charge in [-0.25, -0.2) is 0 Å². The number of methoxy groups -OCH3 is 1. The Morgan fingerprint density at radius 1 is 1.47 bits per heavy atom. The van der Waals surface area contributed by atoms with Gasteiger partial charge in [-0.1, -0.05) is 29.8 Å². The number of ether oxygens (including phenoxy) is 1. The minimum absolute atomic E-state index is 0.186. The summed E-state index contributed by atoms with van der Waals surface area (Å²) in [5, 5.41) is 3.50. The van der Waals surface area contributed by atoms with Crippen molar-refractivity contribution in [3.05, 3.63) is 35.4 Å². The van der Waals surface area contributed by atoms with Crippen molar-refractivity contribution in [1.29, 1.82) is 0 Å². The normalized spacial score (nSPS) is 17.7. The molecule has 2 rings (SSSR count). The lowest BCUT2D eigenvalue weighted by molar-refractivity contribution is 0.102. The summed E-state index contributed by atoms with van der Waals surface area (Å²) < 4.78 is 5.51. The van der Waals surface area contributed by atoms with Gasteiger partial charge in [-0.2, -0.15) is 0 Å². The zero-order chi connectivity index (χ0) is 10.7. The zero-order valence-electron chi connectivity index (χ0n) is 9.49. The Bertz CT molecular complexity index is 320. The monoisotopic (exact) mass is 205 g/mol. The van der Waals surface area contributed by atoms with E-state index in [1.165, 1.54) is 24.0 Å². The maximum Gasteiger partial charge on any atom is 0.0945 e. The standard InChI is InChI=1S/C13H19NO/c1-10-4-3-5-11(8-10)13(15-2)9-14-12-6-7-12/h3-5,8,12-14H,6-7,9H2,1-2H3. The molecule has 0 bridgehead atoms. The summed E-state index contributed by atoms with van der Waals surface area (Å²) >= 11 is 0. The second-order valence-electron chi connectivity index (χ2n) is 4.32. The number of hydrogen-bond donors (Lipinski definition) is 1. The Balaban J connectivity index is 1.97. The maximum absolute atomic E-state index is 5.51. The van der Waals surface area contributed by atoms with Crippen LogP contribution in [0.5, 0.6) is 0 Å². The molecule has 0 amide bonds. The van der Waals surface area contributed by atoms with Crippen molar-refractivity contribution in [3.63, 3.8) is 0 Å². The molecule has 15 heavy (non-hydrogen) atoms. The van der Waals surface area contributed by atoms with Crippen LogP contribution in [0.2, 0.25) is 0 Å². The molecule has 1 aliphatic rings. The third kappa shape index (κ3) is 3.05. The molecular weight excluding hydrogens is 186 g/mol. The van der Waals surface area contributed by atoms with Gasteiger partial charge in [0.15, 0.2) is 0 Å². The third-order valence-electron chi connectivity index (χ3n) is 2.87. The number of benzene rings is 1. The molecule has 1 fully saturated rings. The van der Waals surface area contributed by atoms with Crippen molar-refractivity contribution < 1.29 is 4.74 Å². The van der Waals surface area contributed by atoms with Gasteiger partial charge in [0, 0.05) is 19.7 Å². The van der Waals surface area contributed by atoms with Crippen LogP contribution in [0.25, 0.3) is 0 Å². The Hall–Kier alpha value is -0.860. The SMILES string of the molecule is COC(CNC1CC1)c1cccc(C)c1. The molecule has 1 aromatic rings. The number of hydrogen-bond acceptors (Lipinski definition) is 2. The fraction of sp³-hybridized carbons (Fsp3) is 0.538. The quantitative estimate of drug-likeness (QED) is 0.797. The largest absolute Gasteiger partial charge is 0.375 e. The smallest absolute Gasteiger partial charge is 0.0945 e. The van der Waals surface area contributed by atoms with Gasteiger partial charge in [0.25, 0.3) is 0 Å². The number of rotatable bonds is 5. The van der Waals surface area contributed by atoms with Crippen LogP contribution in [0.4, 0.5) is 0 Å². The molecular formula is C13H19NO. The molecule has 2 nitrogen and oxygen atoms in total. The topological polar surface area (TPSA) is 21.3 Å². The Kier molecular flexibility index (Phi) is 3.39. The fourth-order valence-corrected chi connectivity index (χ4v) is 1.77. The molecule has 2 heteroatoms. The summed E-state index contributed by atoms with van der Waals surface area (Å²) in [7, 11) is 1.78. The van der Waals surface area contributed by atoms with Gasteiger partial charge < -0.3 is 10.1 Å². The molecule has 0 aliphatic heterocycles. The van der Waals surface area contributed by atoms with Crippen LogP contribution in [0, 0.1) is 6.92 Å². The average Bonchev–Trinajstić information content (AvgIpc) is 3.03. The van der Waals surface area contributed by atoms with E-state index >= 15 is 0 Å². The number of nitrogens with one attached hydrogen (secondary N) is 1. The van der Waals surface area contributed by atoms with Crippen LogP contribution < -0.4 is 5.32 Å². The van der Waals surface area contributed by atoms with Crippen molar-refractivity contribution in [2.24, 2.45) is 0 Å². The minimum Gasteiger partial charge on any atom is -0.375 e. The highest BCUT2D eigenvalue weighted by Crippen LogP contribution is 2.22. The summed E-state index contributed by atoms with van der Waals surface area (Å²) in [5.41, 5.74) is 2.56. The van der Waals surface area contributed by atoms with E-state index in [9.17, 15) is 0 Å². The second kappa shape index (κ2) is 4.77. The van der Waals surface area contributed by atoms with Gasteiger partial charge >= 0.3 is 0 Å².